The Hall–Kier alpha value is -2.96. The van der Waals surface area contributed by atoms with Crippen LogP contribution in [0.1, 0.15) is 51.5 Å². The van der Waals surface area contributed by atoms with Crippen LogP contribution < -0.4 is 15.2 Å². The van der Waals surface area contributed by atoms with Crippen molar-refractivity contribution in [1.29, 1.82) is 0 Å². The van der Waals surface area contributed by atoms with E-state index in [9.17, 15) is 0 Å². The Morgan fingerprint density at radius 3 is 2.78 bits per heavy atom. The van der Waals surface area contributed by atoms with Crippen molar-refractivity contribution in [2.75, 3.05) is 14.2 Å². The van der Waals surface area contributed by atoms with Gasteiger partial charge in [0, 0.05) is 24.4 Å². The molecular weight excluding hydrogens is 474 g/mol. The molecule has 0 saturated heterocycles. The minimum Gasteiger partial charge on any atom is -0.497 e. The molecule has 36 heavy (non-hydrogen) atoms. The average Bonchev–Trinajstić information content (AvgIpc) is 3.16. The second kappa shape index (κ2) is 9.83. The SMILES string of the molecule is C/C=C\C1=C(CC)CCCC1C1CC2(N=C(N)N(C)O2)c2cc(-c3cc(Cl)cc(OC)c3)ccc2O1. The highest BCUT2D eigenvalue weighted by atomic mass is 35.5. The molecule has 3 unspecified atom stereocenters. The van der Waals surface area contributed by atoms with Crippen molar-refractivity contribution in [2.24, 2.45) is 16.6 Å². The smallest absolute Gasteiger partial charge is 0.221 e. The molecule has 0 saturated carbocycles. The number of nitrogens with two attached hydrogens (primary N) is 1. The summed E-state index contributed by atoms with van der Waals surface area (Å²) in [5, 5.41) is 2.17. The number of hydrogen-bond donors (Lipinski definition) is 1. The van der Waals surface area contributed by atoms with E-state index < -0.39 is 5.72 Å². The van der Waals surface area contributed by atoms with Gasteiger partial charge in [-0.05, 0) is 79.6 Å². The highest BCUT2D eigenvalue weighted by molar-refractivity contribution is 6.31. The van der Waals surface area contributed by atoms with Crippen LogP contribution in [0.15, 0.2) is 64.7 Å². The molecule has 2 heterocycles. The van der Waals surface area contributed by atoms with E-state index in [1.165, 1.54) is 11.1 Å². The molecule has 0 aromatic heterocycles. The summed E-state index contributed by atoms with van der Waals surface area (Å²) in [6.07, 6.45) is 9.35. The zero-order chi connectivity index (χ0) is 25.4. The fraction of sp³-hybridized carbons (Fsp3) is 0.414. The highest BCUT2D eigenvalue weighted by Crippen LogP contribution is 2.50. The number of fused-ring (bicyclic) bond motifs is 2. The third-order valence-corrected chi connectivity index (χ3v) is 7.74. The van der Waals surface area contributed by atoms with Gasteiger partial charge in [-0.15, -0.1) is 0 Å². The highest BCUT2D eigenvalue weighted by Gasteiger charge is 2.50. The van der Waals surface area contributed by atoms with Crippen LogP contribution in [0.2, 0.25) is 5.02 Å². The average molecular weight is 508 g/mol. The van der Waals surface area contributed by atoms with E-state index in [2.05, 4.69) is 32.1 Å². The third-order valence-electron chi connectivity index (χ3n) is 7.53. The summed E-state index contributed by atoms with van der Waals surface area (Å²) in [5.41, 5.74) is 11.0. The minimum absolute atomic E-state index is 0.0780. The summed E-state index contributed by atoms with van der Waals surface area (Å²) in [6.45, 7) is 4.32. The second-order valence-corrected chi connectivity index (χ2v) is 10.1. The van der Waals surface area contributed by atoms with Crippen LogP contribution in [0, 0.1) is 5.92 Å². The number of guanidine groups is 1. The van der Waals surface area contributed by atoms with Crippen LogP contribution in [0.5, 0.6) is 11.5 Å². The number of halogens is 1. The zero-order valence-corrected chi connectivity index (χ0v) is 22.1. The molecule has 2 aromatic rings. The van der Waals surface area contributed by atoms with Gasteiger partial charge in [-0.3, -0.25) is 0 Å². The maximum absolute atomic E-state index is 6.73. The lowest BCUT2D eigenvalue weighted by Crippen LogP contribution is -2.43. The molecule has 0 radical (unpaired) electrons. The molecule has 2 aliphatic heterocycles. The van der Waals surface area contributed by atoms with Crippen molar-refractivity contribution in [1.82, 2.24) is 5.06 Å². The van der Waals surface area contributed by atoms with Gasteiger partial charge in [-0.1, -0.05) is 42.3 Å². The molecular formula is C29H34ClN3O3. The lowest BCUT2D eigenvalue weighted by molar-refractivity contribution is -0.193. The Bertz CT molecular complexity index is 1250. The van der Waals surface area contributed by atoms with E-state index in [0.717, 1.165) is 48.1 Å². The van der Waals surface area contributed by atoms with Crippen molar-refractivity contribution in [3.05, 3.63) is 70.3 Å². The predicted octanol–water partition coefficient (Wildman–Crippen LogP) is 6.59. The number of hydroxylamine groups is 2. The number of methoxy groups -OCH3 is 1. The maximum atomic E-state index is 6.73. The van der Waals surface area contributed by atoms with Crippen molar-refractivity contribution >= 4 is 17.6 Å². The first-order chi connectivity index (χ1) is 17.4. The van der Waals surface area contributed by atoms with Gasteiger partial charge < -0.3 is 15.2 Å². The van der Waals surface area contributed by atoms with Crippen LogP contribution in [0.25, 0.3) is 11.1 Å². The minimum atomic E-state index is -0.944. The molecule has 1 aliphatic carbocycles. The molecule has 6 nitrogen and oxygen atoms in total. The molecule has 0 amide bonds. The molecule has 2 N–H and O–H groups in total. The number of allylic oxidation sites excluding steroid dienone is 3. The summed E-state index contributed by atoms with van der Waals surface area (Å²) in [7, 11) is 3.43. The molecule has 7 heteroatoms. The Kier molecular flexibility index (Phi) is 6.75. The lowest BCUT2D eigenvalue weighted by Gasteiger charge is -2.42. The van der Waals surface area contributed by atoms with E-state index >= 15 is 0 Å². The van der Waals surface area contributed by atoms with Crippen molar-refractivity contribution < 1.29 is 14.3 Å². The van der Waals surface area contributed by atoms with E-state index in [0.29, 0.717) is 23.2 Å². The summed E-state index contributed by atoms with van der Waals surface area (Å²) in [6, 6.07) is 11.8. The van der Waals surface area contributed by atoms with Crippen LogP contribution >= 0.6 is 11.6 Å². The summed E-state index contributed by atoms with van der Waals surface area (Å²) in [5.74, 6) is 2.11. The van der Waals surface area contributed by atoms with Gasteiger partial charge in [0.2, 0.25) is 11.7 Å². The maximum Gasteiger partial charge on any atom is 0.221 e. The fourth-order valence-electron chi connectivity index (χ4n) is 5.80. The third kappa shape index (κ3) is 4.37. The number of rotatable bonds is 5. The fourth-order valence-corrected chi connectivity index (χ4v) is 6.03. The Labute approximate surface area is 218 Å². The number of hydrogen-bond acceptors (Lipinski definition) is 6. The molecule has 2 aromatic carbocycles. The van der Waals surface area contributed by atoms with Gasteiger partial charge in [-0.25, -0.2) is 14.9 Å². The predicted molar refractivity (Wildman–Crippen MR) is 144 cm³/mol. The molecule has 0 bridgehead atoms. The van der Waals surface area contributed by atoms with Crippen molar-refractivity contribution in [2.45, 2.75) is 57.8 Å². The summed E-state index contributed by atoms with van der Waals surface area (Å²) in [4.78, 5) is 11.3. The molecule has 1 spiro atoms. The van der Waals surface area contributed by atoms with Gasteiger partial charge in [0.1, 0.15) is 17.6 Å². The standard InChI is InChI=1S/C29H34ClN3O3/c1-5-8-23-18(6-2)9-7-10-24(23)27-17-29(32-28(31)33(3)36-29)25-15-19(11-12-26(25)35-27)20-13-21(30)16-22(14-20)34-4/h5,8,11-16,24,27H,6-7,9-10,17H2,1-4H3,(H2,31,32)/b8-5-. The van der Waals surface area contributed by atoms with Gasteiger partial charge in [0.15, 0.2) is 0 Å². The quantitative estimate of drug-likeness (QED) is 0.494. The van der Waals surface area contributed by atoms with Crippen LogP contribution in [-0.4, -0.2) is 31.3 Å². The topological polar surface area (TPSA) is 69.3 Å². The van der Waals surface area contributed by atoms with Crippen molar-refractivity contribution in [3.8, 4) is 22.6 Å². The van der Waals surface area contributed by atoms with Gasteiger partial charge in [-0.2, -0.15) is 0 Å². The molecule has 190 valence electrons. The lowest BCUT2D eigenvalue weighted by atomic mass is 9.75. The van der Waals surface area contributed by atoms with Gasteiger partial charge >= 0.3 is 0 Å². The molecule has 3 atom stereocenters. The van der Waals surface area contributed by atoms with Gasteiger partial charge in [0.25, 0.3) is 0 Å². The van der Waals surface area contributed by atoms with E-state index in [4.69, 9.17) is 36.6 Å². The second-order valence-electron chi connectivity index (χ2n) is 9.71. The van der Waals surface area contributed by atoms with Crippen molar-refractivity contribution in [3.63, 3.8) is 0 Å². The Balaban J connectivity index is 1.60. The van der Waals surface area contributed by atoms with E-state index in [1.54, 1.807) is 25.3 Å². The van der Waals surface area contributed by atoms with Crippen LogP contribution in [-0.2, 0) is 10.6 Å². The molecule has 5 rings (SSSR count). The van der Waals surface area contributed by atoms with E-state index in [1.807, 2.05) is 24.3 Å². The Morgan fingerprint density at radius 2 is 2.08 bits per heavy atom. The van der Waals surface area contributed by atoms with Crippen LogP contribution in [0.3, 0.4) is 0 Å². The Morgan fingerprint density at radius 1 is 1.25 bits per heavy atom. The van der Waals surface area contributed by atoms with E-state index in [-0.39, 0.29) is 12.0 Å². The first kappa shape index (κ1) is 24.7. The van der Waals surface area contributed by atoms with Crippen LogP contribution in [0.4, 0.5) is 0 Å². The molecule has 0 fully saturated rings. The molecule has 3 aliphatic rings. The van der Waals surface area contributed by atoms with Gasteiger partial charge in [0.05, 0.1) is 12.7 Å². The number of aliphatic imine (C=N–C) groups is 1. The number of nitrogens with zero attached hydrogens (tertiary/aromatic N) is 2. The zero-order valence-electron chi connectivity index (χ0n) is 21.4. The summed E-state index contributed by atoms with van der Waals surface area (Å²) >= 11 is 6.36. The first-order valence-corrected chi connectivity index (χ1v) is 13.0. The largest absolute Gasteiger partial charge is 0.497 e. The first-order valence-electron chi connectivity index (χ1n) is 12.7. The monoisotopic (exact) mass is 507 g/mol. The number of benzene rings is 2. The summed E-state index contributed by atoms with van der Waals surface area (Å²) < 4.78 is 12.2. The normalized spacial score (nSPS) is 25.8. The number of ether oxygens (including phenoxy) is 2.